The maximum absolute atomic E-state index is 6.52. The smallest absolute Gasteiger partial charge is 0.208 e. The van der Waals surface area contributed by atoms with Crippen molar-refractivity contribution in [3.8, 4) is 22.5 Å². The highest BCUT2D eigenvalue weighted by Gasteiger charge is 2.49. The molecule has 1 heterocycles. The Morgan fingerprint density at radius 3 is 2.11 bits per heavy atom. The Morgan fingerprint density at radius 1 is 0.658 bits per heavy atom. The third-order valence-electron chi connectivity index (χ3n) is 9.20. The van der Waals surface area contributed by atoms with Crippen LogP contribution in [0.2, 0.25) is 5.28 Å². The number of halogens is 1. The van der Waals surface area contributed by atoms with Crippen molar-refractivity contribution >= 4 is 17.2 Å². The van der Waals surface area contributed by atoms with Gasteiger partial charge in [0.1, 0.15) is 0 Å². The fraction of sp³-hybridized carbons (Fsp3) is 0.265. The van der Waals surface area contributed by atoms with Gasteiger partial charge in [0.25, 0.3) is 0 Å². The predicted octanol–water partition coefficient (Wildman–Crippen LogP) is 8.46. The summed E-state index contributed by atoms with van der Waals surface area (Å²) in [5.74, 6) is 1.24. The molecule has 1 aromatic heterocycles. The summed E-state index contributed by atoms with van der Waals surface area (Å²) in [6.45, 7) is 11.6. The van der Waals surface area contributed by atoms with Gasteiger partial charge in [-0.1, -0.05) is 107 Å². The predicted molar refractivity (Wildman–Crippen MR) is 155 cm³/mol. The van der Waals surface area contributed by atoms with Crippen LogP contribution in [0, 0.1) is 0 Å². The van der Waals surface area contributed by atoms with Crippen LogP contribution in [0.25, 0.3) is 28.1 Å². The Labute approximate surface area is 229 Å². The second-order valence-electron chi connectivity index (χ2n) is 12.1. The van der Waals surface area contributed by atoms with Gasteiger partial charge in [0.2, 0.25) is 5.28 Å². The van der Waals surface area contributed by atoms with Crippen molar-refractivity contribution in [2.24, 2.45) is 0 Å². The van der Waals surface area contributed by atoms with E-state index < -0.39 is 0 Å². The molecule has 3 aliphatic carbocycles. The lowest BCUT2D eigenvalue weighted by atomic mass is 9.69. The molecule has 3 aromatic carbocycles. The number of hydrogen-bond acceptors (Lipinski definition) is 3. The zero-order valence-electron chi connectivity index (χ0n) is 22.4. The molecule has 1 unspecified atom stereocenters. The molecule has 0 amide bonds. The van der Waals surface area contributed by atoms with Gasteiger partial charge in [-0.25, -0.2) is 4.98 Å². The normalized spacial score (nSPS) is 21.6. The summed E-state index contributed by atoms with van der Waals surface area (Å²) in [6.07, 6.45) is 5.46. The molecule has 1 atom stereocenters. The summed E-state index contributed by atoms with van der Waals surface area (Å²) in [6, 6.07) is 24.0. The Kier molecular flexibility index (Phi) is 4.79. The molecular formula is C34H30ClN3. The van der Waals surface area contributed by atoms with Gasteiger partial charge in [0, 0.05) is 27.4 Å². The minimum Gasteiger partial charge on any atom is -0.208 e. The largest absolute Gasteiger partial charge is 0.226 e. The lowest BCUT2D eigenvalue weighted by Crippen LogP contribution is -2.28. The van der Waals surface area contributed by atoms with E-state index in [1.165, 1.54) is 39.0 Å². The van der Waals surface area contributed by atoms with E-state index in [4.69, 9.17) is 16.6 Å². The van der Waals surface area contributed by atoms with Crippen LogP contribution in [0.4, 0.5) is 0 Å². The molecular weight excluding hydrogens is 486 g/mol. The summed E-state index contributed by atoms with van der Waals surface area (Å²) in [5.41, 5.74) is 11.2. The van der Waals surface area contributed by atoms with E-state index in [1.54, 1.807) is 0 Å². The average Bonchev–Trinajstić information content (AvgIpc) is 3.25. The molecule has 0 N–H and O–H groups in total. The van der Waals surface area contributed by atoms with Crippen LogP contribution in [-0.2, 0) is 16.2 Å². The maximum atomic E-state index is 6.52. The molecule has 188 valence electrons. The first-order chi connectivity index (χ1) is 18.1. The topological polar surface area (TPSA) is 38.7 Å². The number of hydrogen-bond donors (Lipinski definition) is 0. The van der Waals surface area contributed by atoms with Crippen molar-refractivity contribution in [1.29, 1.82) is 0 Å². The fourth-order valence-electron chi connectivity index (χ4n) is 7.18. The number of aromatic nitrogens is 3. The molecule has 0 saturated heterocycles. The number of nitrogens with zero attached hydrogens (tertiary/aromatic N) is 3. The van der Waals surface area contributed by atoms with Crippen molar-refractivity contribution in [3.05, 3.63) is 118 Å². The molecule has 7 rings (SSSR count). The first-order valence-corrected chi connectivity index (χ1v) is 13.7. The van der Waals surface area contributed by atoms with Crippen molar-refractivity contribution in [1.82, 2.24) is 15.0 Å². The molecule has 3 aliphatic rings. The highest BCUT2D eigenvalue weighted by molar-refractivity contribution is 6.28. The molecule has 0 spiro atoms. The summed E-state index contributed by atoms with van der Waals surface area (Å²) < 4.78 is 0. The quantitative estimate of drug-likeness (QED) is 0.269. The Bertz CT molecular complexity index is 1730. The maximum Gasteiger partial charge on any atom is 0.226 e. The van der Waals surface area contributed by atoms with Crippen molar-refractivity contribution in [2.75, 3.05) is 0 Å². The third kappa shape index (κ3) is 3.12. The van der Waals surface area contributed by atoms with Crippen LogP contribution in [0.5, 0.6) is 0 Å². The van der Waals surface area contributed by atoms with Gasteiger partial charge < -0.3 is 0 Å². The van der Waals surface area contributed by atoms with Gasteiger partial charge in [0.15, 0.2) is 11.6 Å². The van der Waals surface area contributed by atoms with E-state index >= 15 is 0 Å². The van der Waals surface area contributed by atoms with Crippen LogP contribution in [0.15, 0.2) is 84.5 Å². The monoisotopic (exact) mass is 515 g/mol. The Morgan fingerprint density at radius 2 is 1.32 bits per heavy atom. The van der Waals surface area contributed by atoms with Gasteiger partial charge in [-0.15, -0.1) is 0 Å². The van der Waals surface area contributed by atoms with Crippen LogP contribution in [0.1, 0.15) is 69.1 Å². The number of rotatable bonds is 2. The van der Waals surface area contributed by atoms with Gasteiger partial charge >= 0.3 is 0 Å². The average molecular weight is 516 g/mol. The first kappa shape index (κ1) is 23.5. The van der Waals surface area contributed by atoms with Gasteiger partial charge in [-0.2, -0.15) is 9.97 Å². The number of benzene rings is 3. The van der Waals surface area contributed by atoms with Crippen LogP contribution < -0.4 is 0 Å². The summed E-state index contributed by atoms with van der Waals surface area (Å²) in [7, 11) is 0. The zero-order chi connectivity index (χ0) is 26.4. The lowest BCUT2D eigenvalue weighted by molar-refractivity contribution is 0.513. The van der Waals surface area contributed by atoms with Gasteiger partial charge in [0.05, 0.1) is 0 Å². The summed E-state index contributed by atoms with van der Waals surface area (Å²) >= 11 is 6.52. The third-order valence-corrected chi connectivity index (χ3v) is 9.37. The standard InChI is InChI=1S/C34H30ClN3/c1-32(2)24-11-7-6-10-22(24)23-15-14-20(18-27(23)32)29-36-30(38-31(35)37-29)21-16-17-34(5)26-13-9-8-12-25(26)33(3,4)28(34)19-21/h6-16,18-19H,17H2,1-5H3. The Balaban J connectivity index is 1.31. The first-order valence-electron chi connectivity index (χ1n) is 13.3. The molecule has 0 radical (unpaired) electrons. The van der Waals surface area contributed by atoms with Crippen molar-refractivity contribution in [3.63, 3.8) is 0 Å². The van der Waals surface area contributed by atoms with Crippen molar-refractivity contribution in [2.45, 2.75) is 57.3 Å². The van der Waals surface area contributed by atoms with E-state index in [0.29, 0.717) is 11.6 Å². The minimum absolute atomic E-state index is 0.0240. The number of fused-ring (bicyclic) bond motifs is 6. The fourth-order valence-corrected chi connectivity index (χ4v) is 7.34. The van der Waals surface area contributed by atoms with Gasteiger partial charge in [-0.3, -0.25) is 0 Å². The van der Waals surface area contributed by atoms with Crippen LogP contribution in [0.3, 0.4) is 0 Å². The number of allylic oxidation sites excluding steroid dienone is 4. The molecule has 0 saturated carbocycles. The molecule has 4 aromatic rings. The summed E-state index contributed by atoms with van der Waals surface area (Å²) in [4.78, 5) is 14.1. The SMILES string of the molecule is CC1(C)C2=CC(c3nc(Cl)nc(-c4ccc5c(c4)C(C)(C)c4ccccc4-5)n3)=CCC2(C)c2ccccc21. The Hall–Kier alpha value is -3.56. The minimum atomic E-state index is -0.0918. The molecule has 4 heteroatoms. The highest BCUT2D eigenvalue weighted by Crippen LogP contribution is 2.57. The van der Waals surface area contributed by atoms with E-state index in [-0.39, 0.29) is 21.5 Å². The highest BCUT2D eigenvalue weighted by atomic mass is 35.5. The molecule has 0 fully saturated rings. The molecule has 0 aliphatic heterocycles. The molecule has 0 bridgehead atoms. The van der Waals surface area contributed by atoms with Crippen LogP contribution >= 0.6 is 11.6 Å². The molecule has 3 nitrogen and oxygen atoms in total. The van der Waals surface area contributed by atoms with E-state index in [2.05, 4.69) is 123 Å². The second kappa shape index (κ2) is 7.74. The van der Waals surface area contributed by atoms with Crippen LogP contribution in [-0.4, -0.2) is 15.0 Å². The summed E-state index contributed by atoms with van der Waals surface area (Å²) in [5, 5.41) is 0.217. The second-order valence-corrected chi connectivity index (χ2v) is 12.4. The van der Waals surface area contributed by atoms with E-state index in [0.717, 1.165) is 17.6 Å². The molecule has 38 heavy (non-hydrogen) atoms. The zero-order valence-corrected chi connectivity index (χ0v) is 23.2. The van der Waals surface area contributed by atoms with Gasteiger partial charge in [-0.05, 0) is 63.0 Å². The van der Waals surface area contributed by atoms with E-state index in [9.17, 15) is 0 Å². The lowest BCUT2D eigenvalue weighted by Gasteiger charge is -2.34. The van der Waals surface area contributed by atoms with E-state index in [1.807, 2.05) is 0 Å². The van der Waals surface area contributed by atoms with Crippen molar-refractivity contribution < 1.29 is 0 Å².